The molecular weight excluding hydrogens is 465 g/mol. The van der Waals surface area contributed by atoms with Crippen molar-refractivity contribution in [3.05, 3.63) is 50.2 Å². The SMILES string of the molecule is CCN1C=C([C-]2[Se]c3ccccc3N2C)S(=O)C1=C1SC(=S)N(CC)C1=O. The van der Waals surface area contributed by atoms with E-state index >= 15 is 0 Å². The number of thioether (sulfide) groups is 1. The summed E-state index contributed by atoms with van der Waals surface area (Å²) in [5, 5.41) is 0.577. The molecule has 3 aliphatic rings. The van der Waals surface area contributed by atoms with E-state index in [0.29, 0.717) is 27.3 Å². The Balaban J connectivity index is 1.71. The summed E-state index contributed by atoms with van der Waals surface area (Å²) in [5.74, 6) is -0.137. The van der Waals surface area contributed by atoms with Gasteiger partial charge in [-0.25, -0.2) is 0 Å². The molecule has 3 aliphatic heterocycles. The number of thiocarbonyl (C=S) groups is 1. The van der Waals surface area contributed by atoms with Gasteiger partial charge in [0.2, 0.25) is 0 Å². The van der Waals surface area contributed by atoms with E-state index < -0.39 is 10.8 Å². The quantitative estimate of drug-likeness (QED) is 0.283. The number of fused-ring (bicyclic) bond motifs is 1. The van der Waals surface area contributed by atoms with E-state index in [0.717, 1.165) is 9.85 Å². The molecule has 0 N–H and O–H groups in total. The molecule has 1 fully saturated rings. The molecule has 0 saturated carbocycles. The summed E-state index contributed by atoms with van der Waals surface area (Å²) in [4.78, 5) is 20.8. The van der Waals surface area contributed by atoms with Crippen molar-refractivity contribution in [1.82, 2.24) is 9.80 Å². The predicted octanol–water partition coefficient (Wildman–Crippen LogP) is 1.93. The number of amides is 1. The Morgan fingerprint density at radius 1 is 1.26 bits per heavy atom. The summed E-state index contributed by atoms with van der Waals surface area (Å²) >= 11 is 6.68. The van der Waals surface area contributed by atoms with Crippen LogP contribution in [0.2, 0.25) is 0 Å². The molecule has 27 heavy (non-hydrogen) atoms. The average Bonchev–Trinajstić information content (AvgIpc) is 3.26. The zero-order chi connectivity index (χ0) is 19.3. The molecule has 142 valence electrons. The van der Waals surface area contributed by atoms with E-state index in [4.69, 9.17) is 12.2 Å². The second-order valence-electron chi connectivity index (χ2n) is 6.03. The molecule has 1 amide bonds. The number of nitrogens with zero attached hydrogens (tertiary/aromatic N) is 3. The molecule has 4 rings (SSSR count). The predicted molar refractivity (Wildman–Crippen MR) is 117 cm³/mol. The first kappa shape index (κ1) is 19.1. The topological polar surface area (TPSA) is 43.9 Å². The van der Waals surface area contributed by atoms with Gasteiger partial charge in [0.05, 0.1) is 0 Å². The number of hydrogen-bond donors (Lipinski definition) is 0. The third-order valence-electron chi connectivity index (χ3n) is 4.56. The van der Waals surface area contributed by atoms with Crippen LogP contribution >= 0.6 is 24.0 Å². The fourth-order valence-corrected chi connectivity index (χ4v) is 9.15. The minimum atomic E-state index is -1.39. The van der Waals surface area contributed by atoms with Gasteiger partial charge >= 0.3 is 178 Å². The van der Waals surface area contributed by atoms with E-state index in [1.165, 1.54) is 21.9 Å². The Morgan fingerprint density at radius 3 is 2.63 bits per heavy atom. The van der Waals surface area contributed by atoms with Crippen LogP contribution in [0.5, 0.6) is 0 Å². The molecule has 9 heteroatoms. The van der Waals surface area contributed by atoms with E-state index in [1.54, 1.807) is 4.90 Å². The molecule has 1 atom stereocenters. The fourth-order valence-electron chi connectivity index (χ4n) is 3.16. The van der Waals surface area contributed by atoms with Gasteiger partial charge in [0.15, 0.2) is 0 Å². The van der Waals surface area contributed by atoms with Crippen LogP contribution in [-0.2, 0) is 15.6 Å². The van der Waals surface area contributed by atoms with Crippen molar-refractivity contribution < 1.29 is 9.00 Å². The molecule has 0 aliphatic carbocycles. The zero-order valence-electron chi connectivity index (χ0n) is 15.1. The van der Waals surface area contributed by atoms with Crippen LogP contribution in [-0.4, -0.2) is 59.3 Å². The van der Waals surface area contributed by atoms with Gasteiger partial charge in [0.1, 0.15) is 0 Å². The molecule has 1 unspecified atom stereocenters. The first-order chi connectivity index (χ1) is 13.0. The normalized spacial score (nSPS) is 25.0. The molecule has 1 saturated heterocycles. The zero-order valence-corrected chi connectivity index (χ0v) is 19.3. The molecule has 0 radical (unpaired) electrons. The summed E-state index contributed by atoms with van der Waals surface area (Å²) < 4.78 is 15.3. The number of anilines is 1. The van der Waals surface area contributed by atoms with Gasteiger partial charge < -0.3 is 0 Å². The number of likely N-dealkylation sites (N-methyl/N-ethyl adjacent to an activating group) is 2. The first-order valence-electron chi connectivity index (χ1n) is 8.54. The maximum absolute atomic E-state index is 13.5. The first-order valence-corrected chi connectivity index (χ1v) is 12.6. The van der Waals surface area contributed by atoms with Crippen molar-refractivity contribution in [3.63, 3.8) is 0 Å². The molecule has 5 nitrogen and oxygen atoms in total. The van der Waals surface area contributed by atoms with Gasteiger partial charge in [0.25, 0.3) is 0 Å². The van der Waals surface area contributed by atoms with Crippen LogP contribution in [0.15, 0.2) is 45.3 Å². The van der Waals surface area contributed by atoms with Gasteiger partial charge in [-0.2, -0.15) is 0 Å². The number of benzene rings is 1. The number of carbonyl (C=O) groups excluding carboxylic acids is 1. The van der Waals surface area contributed by atoms with Crippen molar-refractivity contribution >= 4 is 70.1 Å². The third kappa shape index (κ3) is 2.96. The maximum atomic E-state index is 13.5. The van der Waals surface area contributed by atoms with E-state index in [-0.39, 0.29) is 20.9 Å². The summed E-state index contributed by atoms with van der Waals surface area (Å²) in [7, 11) is 0.626. The third-order valence-corrected chi connectivity index (χ3v) is 10.5. The van der Waals surface area contributed by atoms with Crippen LogP contribution in [0, 0.1) is 4.94 Å². The second kappa shape index (κ2) is 7.29. The van der Waals surface area contributed by atoms with Gasteiger partial charge in [-0.1, -0.05) is 0 Å². The Kier molecular flexibility index (Phi) is 5.15. The van der Waals surface area contributed by atoms with E-state index in [1.807, 2.05) is 44.1 Å². The Labute approximate surface area is 177 Å². The van der Waals surface area contributed by atoms with Crippen molar-refractivity contribution in [2.75, 3.05) is 25.0 Å². The van der Waals surface area contributed by atoms with E-state index in [9.17, 15) is 9.00 Å². The molecule has 0 bridgehead atoms. The van der Waals surface area contributed by atoms with Gasteiger partial charge in [-0.05, 0) is 0 Å². The van der Waals surface area contributed by atoms with Crippen molar-refractivity contribution in [2.45, 2.75) is 13.8 Å². The molecule has 1 aromatic carbocycles. The summed E-state index contributed by atoms with van der Waals surface area (Å²) in [6.45, 7) is 5.07. The van der Waals surface area contributed by atoms with Gasteiger partial charge in [0, 0.05) is 0 Å². The molecule has 1 aromatic rings. The molecule has 0 aromatic heterocycles. The standard InChI is InChI=1S/C18H18N3O2S3Se/c1-4-20-10-12(17-19(3)11-8-6-7-9-13(11)27-17)26(23)16(20)14-15(22)21(5-2)18(24)25-14/h6-10H,4-5H2,1-3H3/q-1. The Hall–Kier alpha value is -1.25. The number of hydrogen-bond acceptors (Lipinski definition) is 6. The van der Waals surface area contributed by atoms with Crippen LogP contribution < -0.4 is 9.36 Å². The van der Waals surface area contributed by atoms with Crippen LogP contribution in [0.25, 0.3) is 0 Å². The number of rotatable bonds is 3. The summed E-state index contributed by atoms with van der Waals surface area (Å²) in [6.07, 6.45) is 1.95. The van der Waals surface area contributed by atoms with Crippen LogP contribution in [0.3, 0.4) is 0 Å². The summed E-state index contributed by atoms with van der Waals surface area (Å²) in [5.41, 5.74) is 1.17. The Bertz CT molecular complexity index is 930. The van der Waals surface area contributed by atoms with Crippen molar-refractivity contribution in [2.24, 2.45) is 0 Å². The second-order valence-corrected chi connectivity index (χ2v) is 11.2. The summed E-state index contributed by atoms with van der Waals surface area (Å²) in [6, 6.07) is 8.28. The number of carbonyl (C=O) groups is 1. The van der Waals surface area contributed by atoms with Crippen LogP contribution in [0.4, 0.5) is 5.69 Å². The van der Waals surface area contributed by atoms with E-state index in [2.05, 4.69) is 17.0 Å². The molecule has 0 spiro atoms. The van der Waals surface area contributed by atoms with Crippen LogP contribution in [0.1, 0.15) is 13.8 Å². The minimum absolute atomic E-state index is 0.0872. The molecular formula is C18H18N3O2S3Se-. The van der Waals surface area contributed by atoms with Gasteiger partial charge in [-0.15, -0.1) is 0 Å². The fraction of sp³-hybridized carbons (Fsp3) is 0.278. The van der Waals surface area contributed by atoms with Gasteiger partial charge in [-0.3, -0.25) is 0 Å². The van der Waals surface area contributed by atoms with Crippen molar-refractivity contribution in [3.8, 4) is 0 Å². The Morgan fingerprint density at radius 2 is 2.00 bits per heavy atom. The average molecular weight is 484 g/mol. The molecule has 3 heterocycles. The number of para-hydroxylation sites is 1. The monoisotopic (exact) mass is 484 g/mol. The van der Waals surface area contributed by atoms with Crippen molar-refractivity contribution in [1.29, 1.82) is 0 Å².